The van der Waals surface area contributed by atoms with E-state index in [4.69, 9.17) is 10.7 Å². The molecule has 1 unspecified atom stereocenters. The Morgan fingerprint density at radius 3 is 2.47 bits per heavy atom. The fraction of sp³-hybridized carbons (Fsp3) is 0.379. The number of hydrogen-bond donors (Lipinski definition) is 1. The second-order valence-electron chi connectivity index (χ2n) is 10.8. The van der Waals surface area contributed by atoms with E-state index >= 15 is 0 Å². The summed E-state index contributed by atoms with van der Waals surface area (Å²) < 4.78 is 0. The van der Waals surface area contributed by atoms with Gasteiger partial charge in [0.1, 0.15) is 17.2 Å². The van der Waals surface area contributed by atoms with Gasteiger partial charge in [0, 0.05) is 42.7 Å². The van der Waals surface area contributed by atoms with E-state index in [1.807, 2.05) is 15.9 Å². The third-order valence-electron chi connectivity index (χ3n) is 8.13. The molecule has 2 N–H and O–H groups in total. The highest BCUT2D eigenvalue weighted by Crippen LogP contribution is 2.46. The highest BCUT2D eigenvalue weighted by atomic mass is 16.2. The zero-order valence-electron chi connectivity index (χ0n) is 20.2. The number of carbonyl (C=O) groups excluding carboxylic acids is 2. The molecule has 2 saturated carbocycles. The van der Waals surface area contributed by atoms with E-state index in [2.05, 4.69) is 47.4 Å². The van der Waals surface area contributed by atoms with Crippen LogP contribution in [-0.2, 0) is 9.59 Å². The van der Waals surface area contributed by atoms with Gasteiger partial charge in [-0.1, -0.05) is 36.4 Å². The van der Waals surface area contributed by atoms with Crippen molar-refractivity contribution >= 4 is 34.2 Å². The second kappa shape index (κ2) is 7.88. The van der Waals surface area contributed by atoms with E-state index in [1.54, 1.807) is 6.20 Å². The summed E-state index contributed by atoms with van der Waals surface area (Å²) in [6, 6.07) is 16.5. The predicted octanol–water partition coefficient (Wildman–Crippen LogP) is 3.86. The van der Waals surface area contributed by atoms with E-state index in [0.717, 1.165) is 78.5 Å². The van der Waals surface area contributed by atoms with Crippen LogP contribution in [0.25, 0.3) is 21.9 Å². The highest BCUT2D eigenvalue weighted by Gasteiger charge is 2.57. The van der Waals surface area contributed by atoms with Crippen molar-refractivity contribution in [3.8, 4) is 11.1 Å². The van der Waals surface area contributed by atoms with Gasteiger partial charge in [0.25, 0.3) is 5.91 Å². The molecule has 36 heavy (non-hydrogen) atoms. The third kappa shape index (κ3) is 3.65. The van der Waals surface area contributed by atoms with Crippen LogP contribution in [0.4, 0.5) is 5.82 Å². The summed E-state index contributed by atoms with van der Waals surface area (Å²) in [6.07, 6.45) is 6.46. The van der Waals surface area contributed by atoms with Crippen LogP contribution >= 0.6 is 0 Å². The molecule has 2 aliphatic heterocycles. The molecule has 2 aliphatic carbocycles. The fourth-order valence-electron chi connectivity index (χ4n) is 5.67. The number of pyridine rings is 1. The minimum atomic E-state index is -0.539. The topological polar surface area (TPSA) is 91.9 Å². The molecule has 2 aromatic carbocycles. The van der Waals surface area contributed by atoms with Crippen LogP contribution < -0.4 is 5.73 Å². The Bertz CT molecular complexity index is 1420. The molecule has 1 aromatic heterocycles. The maximum Gasteiger partial charge on any atom is 0.256 e. The van der Waals surface area contributed by atoms with Gasteiger partial charge in [-0.3, -0.25) is 19.5 Å². The lowest BCUT2D eigenvalue weighted by Crippen LogP contribution is -2.40. The molecule has 3 heterocycles. The number of amidine groups is 1. The number of anilines is 1. The molecule has 0 radical (unpaired) electrons. The van der Waals surface area contributed by atoms with Gasteiger partial charge in [0.15, 0.2) is 0 Å². The average molecular weight is 480 g/mol. The van der Waals surface area contributed by atoms with Crippen LogP contribution in [0, 0.1) is 11.8 Å². The molecule has 2 amide bonds. The van der Waals surface area contributed by atoms with E-state index in [-0.39, 0.29) is 11.8 Å². The van der Waals surface area contributed by atoms with Crippen LogP contribution in [0.1, 0.15) is 37.7 Å². The zero-order chi connectivity index (χ0) is 24.4. The van der Waals surface area contributed by atoms with Gasteiger partial charge in [-0.15, -0.1) is 0 Å². The zero-order valence-corrected chi connectivity index (χ0v) is 20.2. The van der Waals surface area contributed by atoms with Gasteiger partial charge in [0.2, 0.25) is 5.91 Å². The normalized spacial score (nSPS) is 22.5. The lowest BCUT2D eigenvalue weighted by Gasteiger charge is -2.23. The first-order valence-electron chi connectivity index (χ1n) is 13.0. The summed E-state index contributed by atoms with van der Waals surface area (Å²) in [6.45, 7) is 2.19. The Balaban J connectivity index is 1.12. The van der Waals surface area contributed by atoms with Crippen molar-refractivity contribution in [2.24, 2.45) is 16.8 Å². The molecule has 7 heteroatoms. The first-order valence-corrected chi connectivity index (χ1v) is 13.0. The first-order chi connectivity index (χ1) is 17.5. The molecule has 7 rings (SSSR count). The largest absolute Gasteiger partial charge is 0.384 e. The number of amides is 2. The van der Waals surface area contributed by atoms with Gasteiger partial charge in [-0.05, 0) is 66.7 Å². The number of benzene rings is 2. The number of aromatic nitrogens is 1. The van der Waals surface area contributed by atoms with Crippen molar-refractivity contribution in [3.05, 3.63) is 60.3 Å². The summed E-state index contributed by atoms with van der Waals surface area (Å²) >= 11 is 0. The van der Waals surface area contributed by atoms with Crippen molar-refractivity contribution in [3.63, 3.8) is 0 Å². The lowest BCUT2D eigenvalue weighted by atomic mass is 10.0. The Kier molecular flexibility index (Phi) is 4.72. The van der Waals surface area contributed by atoms with Gasteiger partial charge in [-0.2, -0.15) is 0 Å². The molecule has 182 valence electrons. The predicted molar refractivity (Wildman–Crippen MR) is 139 cm³/mol. The fourth-order valence-corrected chi connectivity index (χ4v) is 5.67. The molecule has 1 atom stereocenters. The van der Waals surface area contributed by atoms with Crippen LogP contribution in [0.3, 0.4) is 0 Å². The number of rotatable bonds is 5. The second-order valence-corrected chi connectivity index (χ2v) is 10.8. The summed E-state index contributed by atoms with van der Waals surface area (Å²) in [7, 11) is 0. The minimum absolute atomic E-state index is 0.134. The number of hydrogen-bond acceptors (Lipinski definition) is 5. The van der Waals surface area contributed by atoms with Gasteiger partial charge >= 0.3 is 0 Å². The summed E-state index contributed by atoms with van der Waals surface area (Å²) in [4.78, 5) is 38.9. The van der Waals surface area contributed by atoms with Crippen LogP contribution in [0.5, 0.6) is 0 Å². The van der Waals surface area contributed by atoms with Crippen molar-refractivity contribution < 1.29 is 9.59 Å². The average Bonchev–Trinajstić information content (AvgIpc) is 3.82. The molecule has 1 saturated heterocycles. The van der Waals surface area contributed by atoms with Crippen molar-refractivity contribution in [2.75, 3.05) is 25.4 Å². The quantitative estimate of drug-likeness (QED) is 0.601. The highest BCUT2D eigenvalue weighted by molar-refractivity contribution is 6.16. The molecule has 3 fully saturated rings. The Labute approximate surface area is 210 Å². The maximum absolute atomic E-state index is 13.4. The summed E-state index contributed by atoms with van der Waals surface area (Å²) in [5.41, 5.74) is 8.50. The summed E-state index contributed by atoms with van der Waals surface area (Å²) in [5.74, 6) is 2.28. The van der Waals surface area contributed by atoms with Gasteiger partial charge < -0.3 is 10.6 Å². The first kappa shape index (κ1) is 21.5. The number of nitrogen functional groups attached to an aromatic ring is 1. The number of fused-ring (bicyclic) bond motifs is 1. The molecular weight excluding hydrogens is 450 g/mol. The molecule has 3 aromatic rings. The van der Waals surface area contributed by atoms with Crippen LogP contribution in [-0.4, -0.2) is 57.6 Å². The standard InChI is InChI=1S/C29H29N5O2/c30-25-14-24-13-22(7-8-23(24)15-31-25)19-1-3-20(4-2-19)26-32-29(10-11-29)28(36)34(26)17-18-9-12-33(16-18)27(35)21-5-6-21/h1-4,7-8,13-15,18,21H,5-6,9-12,16-17H2,(H2,30,31). The van der Waals surface area contributed by atoms with E-state index in [1.165, 1.54) is 0 Å². The SMILES string of the molecule is Nc1cc2cc(-c3ccc(C4=NC5(CC5)C(=O)N4CC4CCN(C(=O)C5CC5)C4)cc3)ccc2cn1. The van der Waals surface area contributed by atoms with Crippen molar-refractivity contribution in [1.82, 2.24) is 14.8 Å². The maximum atomic E-state index is 13.4. The van der Waals surface area contributed by atoms with Crippen molar-refractivity contribution in [2.45, 2.75) is 37.6 Å². The number of nitrogens with two attached hydrogens (primary N) is 1. The van der Waals surface area contributed by atoms with E-state index in [9.17, 15) is 9.59 Å². The van der Waals surface area contributed by atoms with Gasteiger partial charge in [0.05, 0.1) is 0 Å². The number of carbonyl (C=O) groups is 2. The van der Waals surface area contributed by atoms with Crippen LogP contribution in [0.15, 0.2) is 59.7 Å². The Hall–Kier alpha value is -3.74. The van der Waals surface area contributed by atoms with Crippen LogP contribution in [0.2, 0.25) is 0 Å². The van der Waals surface area contributed by atoms with Gasteiger partial charge in [-0.25, -0.2) is 4.98 Å². The molecular formula is C29H29N5O2. The number of likely N-dealkylation sites (tertiary alicyclic amines) is 1. The molecule has 1 spiro atoms. The number of nitrogens with zero attached hydrogens (tertiary/aromatic N) is 4. The van der Waals surface area contributed by atoms with E-state index in [0.29, 0.717) is 24.2 Å². The number of aliphatic imine (C=N–C) groups is 1. The Morgan fingerprint density at radius 2 is 1.72 bits per heavy atom. The minimum Gasteiger partial charge on any atom is -0.384 e. The third-order valence-corrected chi connectivity index (χ3v) is 8.13. The van der Waals surface area contributed by atoms with E-state index < -0.39 is 5.54 Å². The Morgan fingerprint density at radius 1 is 0.972 bits per heavy atom. The molecule has 7 nitrogen and oxygen atoms in total. The summed E-state index contributed by atoms with van der Waals surface area (Å²) in [5, 5.41) is 2.11. The van der Waals surface area contributed by atoms with Crippen molar-refractivity contribution in [1.29, 1.82) is 0 Å². The smallest absolute Gasteiger partial charge is 0.256 e. The molecule has 0 bridgehead atoms. The molecule has 4 aliphatic rings. The lowest BCUT2D eigenvalue weighted by molar-refractivity contribution is -0.131. The monoisotopic (exact) mass is 479 g/mol.